The Balaban J connectivity index is 1.78. The maximum atomic E-state index is 6.26. The van der Waals surface area contributed by atoms with Gasteiger partial charge in [0.05, 0.1) is 18.2 Å². The van der Waals surface area contributed by atoms with Gasteiger partial charge in [0.1, 0.15) is 5.82 Å². The lowest BCUT2D eigenvalue weighted by Gasteiger charge is -2.20. The number of aromatic nitrogens is 1. The predicted octanol–water partition coefficient (Wildman–Crippen LogP) is 2.93. The molecule has 1 aromatic heterocycles. The minimum absolute atomic E-state index is 0.327. The fourth-order valence-corrected chi connectivity index (χ4v) is 3.08. The smallest absolute Gasteiger partial charge is 0.191 e. The predicted molar refractivity (Wildman–Crippen MR) is 109 cm³/mol. The third-order valence-corrected chi connectivity index (χ3v) is 4.55. The lowest BCUT2D eigenvalue weighted by molar-refractivity contribution is 0.130. The van der Waals surface area contributed by atoms with Crippen molar-refractivity contribution in [3.63, 3.8) is 0 Å². The number of pyridine rings is 1. The van der Waals surface area contributed by atoms with Crippen molar-refractivity contribution in [3.05, 3.63) is 23.4 Å². The van der Waals surface area contributed by atoms with Gasteiger partial charge in [0.15, 0.2) is 5.96 Å². The van der Waals surface area contributed by atoms with Crippen LogP contribution in [0.5, 0.6) is 0 Å². The first kappa shape index (κ1) is 20.8. The molecule has 0 aromatic carbocycles. The molecule has 1 fully saturated rings. The van der Waals surface area contributed by atoms with Crippen molar-refractivity contribution in [1.29, 1.82) is 0 Å². The monoisotopic (exact) mass is 381 g/mol. The minimum Gasteiger partial charge on any atom is -0.380 e. The average molecular weight is 382 g/mol. The zero-order valence-corrected chi connectivity index (χ0v) is 16.9. The van der Waals surface area contributed by atoms with E-state index in [2.05, 4.69) is 46.3 Å². The van der Waals surface area contributed by atoms with E-state index in [1.54, 1.807) is 6.20 Å². The van der Waals surface area contributed by atoms with Crippen LogP contribution in [0, 0.1) is 5.92 Å². The maximum Gasteiger partial charge on any atom is 0.191 e. The van der Waals surface area contributed by atoms with Crippen molar-refractivity contribution >= 4 is 23.4 Å². The van der Waals surface area contributed by atoms with Crippen molar-refractivity contribution in [2.45, 2.75) is 39.7 Å². The average Bonchev–Trinajstić information content (AvgIpc) is 3.06. The summed E-state index contributed by atoms with van der Waals surface area (Å²) in [5.74, 6) is 2.38. The molecular weight excluding hydrogens is 350 g/mol. The Kier molecular flexibility index (Phi) is 8.98. The zero-order chi connectivity index (χ0) is 18.8. The van der Waals surface area contributed by atoms with E-state index in [0.717, 1.165) is 50.9 Å². The van der Waals surface area contributed by atoms with Crippen LogP contribution in [0.2, 0.25) is 5.02 Å². The van der Waals surface area contributed by atoms with Crippen LogP contribution in [0.1, 0.15) is 33.6 Å². The summed E-state index contributed by atoms with van der Waals surface area (Å²) in [7, 11) is 0. The van der Waals surface area contributed by atoms with Crippen molar-refractivity contribution < 1.29 is 4.74 Å². The number of halogens is 1. The van der Waals surface area contributed by atoms with Crippen molar-refractivity contribution in [3.8, 4) is 0 Å². The topological polar surface area (TPSA) is 61.8 Å². The molecule has 1 aromatic rings. The largest absolute Gasteiger partial charge is 0.380 e. The molecule has 146 valence electrons. The highest BCUT2D eigenvalue weighted by Gasteiger charge is 2.25. The zero-order valence-electron chi connectivity index (χ0n) is 16.2. The van der Waals surface area contributed by atoms with E-state index in [9.17, 15) is 0 Å². The summed E-state index contributed by atoms with van der Waals surface area (Å²) in [6.07, 6.45) is 3.91. The van der Waals surface area contributed by atoms with Gasteiger partial charge in [-0.25, -0.2) is 4.98 Å². The van der Waals surface area contributed by atoms with Crippen LogP contribution >= 0.6 is 11.6 Å². The SMILES string of the molecule is CCNC(=NCCOCCC(C)C)NC1CCN(c2ncccc2Cl)C1. The summed E-state index contributed by atoms with van der Waals surface area (Å²) in [4.78, 5) is 11.2. The number of aliphatic imine (C=N–C) groups is 1. The van der Waals surface area contributed by atoms with Crippen molar-refractivity contribution in [2.24, 2.45) is 10.9 Å². The molecule has 1 unspecified atom stereocenters. The molecule has 0 saturated carbocycles. The van der Waals surface area contributed by atoms with Gasteiger partial charge in [-0.1, -0.05) is 25.4 Å². The summed E-state index contributed by atoms with van der Waals surface area (Å²) in [6.45, 7) is 11.3. The third-order valence-electron chi connectivity index (χ3n) is 4.26. The second-order valence-corrected chi connectivity index (χ2v) is 7.35. The van der Waals surface area contributed by atoms with Gasteiger partial charge in [-0.2, -0.15) is 0 Å². The molecule has 26 heavy (non-hydrogen) atoms. The molecule has 0 amide bonds. The van der Waals surface area contributed by atoms with E-state index in [0.29, 0.717) is 30.1 Å². The Bertz CT molecular complexity index is 567. The van der Waals surface area contributed by atoms with Gasteiger partial charge in [0.25, 0.3) is 0 Å². The molecule has 2 rings (SSSR count). The van der Waals surface area contributed by atoms with E-state index in [1.165, 1.54) is 0 Å². The normalized spacial score (nSPS) is 17.8. The molecular formula is C19H32ClN5O. The van der Waals surface area contributed by atoms with Crippen LogP contribution in [0.15, 0.2) is 23.3 Å². The number of rotatable bonds is 9. The molecule has 0 radical (unpaired) electrons. The van der Waals surface area contributed by atoms with Crippen LogP contribution in [0.3, 0.4) is 0 Å². The summed E-state index contributed by atoms with van der Waals surface area (Å²) >= 11 is 6.26. The summed E-state index contributed by atoms with van der Waals surface area (Å²) < 4.78 is 5.64. The van der Waals surface area contributed by atoms with Crippen LogP contribution in [-0.4, -0.2) is 56.4 Å². The van der Waals surface area contributed by atoms with Crippen molar-refractivity contribution in [2.75, 3.05) is 44.3 Å². The molecule has 0 spiro atoms. The van der Waals surface area contributed by atoms with Gasteiger partial charge >= 0.3 is 0 Å². The number of ether oxygens (including phenoxy) is 1. The third kappa shape index (κ3) is 7.00. The Hall–Kier alpha value is -1.53. The standard InChI is InChI=1S/C19H32ClN5O/c1-4-21-19(23-10-13-26-12-8-15(2)3)24-16-7-11-25(14-16)18-17(20)6-5-9-22-18/h5-6,9,15-16H,4,7-8,10-14H2,1-3H3,(H2,21,23,24). The lowest BCUT2D eigenvalue weighted by Crippen LogP contribution is -2.44. The summed E-state index contributed by atoms with van der Waals surface area (Å²) in [5, 5.41) is 7.52. The first-order valence-corrected chi connectivity index (χ1v) is 9.96. The van der Waals surface area contributed by atoms with E-state index in [4.69, 9.17) is 16.3 Å². The lowest BCUT2D eigenvalue weighted by atomic mass is 10.1. The van der Waals surface area contributed by atoms with Gasteiger partial charge in [-0.3, -0.25) is 4.99 Å². The van der Waals surface area contributed by atoms with Gasteiger partial charge in [-0.05, 0) is 37.8 Å². The van der Waals surface area contributed by atoms with Gasteiger partial charge in [0, 0.05) is 38.5 Å². The number of nitrogens with one attached hydrogen (secondary N) is 2. The number of hydrogen-bond acceptors (Lipinski definition) is 4. The van der Waals surface area contributed by atoms with Gasteiger partial charge in [0.2, 0.25) is 0 Å². The molecule has 7 heteroatoms. The van der Waals surface area contributed by atoms with Crippen LogP contribution in [0.25, 0.3) is 0 Å². The molecule has 6 nitrogen and oxygen atoms in total. The second kappa shape index (κ2) is 11.2. The molecule has 0 aliphatic carbocycles. The van der Waals surface area contributed by atoms with Gasteiger partial charge in [-0.15, -0.1) is 0 Å². The first-order chi connectivity index (χ1) is 12.6. The molecule has 1 aliphatic heterocycles. The molecule has 2 N–H and O–H groups in total. The van der Waals surface area contributed by atoms with Crippen LogP contribution in [-0.2, 0) is 4.74 Å². The van der Waals surface area contributed by atoms with E-state index < -0.39 is 0 Å². The Morgan fingerprint density at radius 2 is 2.31 bits per heavy atom. The quantitative estimate of drug-likeness (QED) is 0.391. The Morgan fingerprint density at radius 1 is 1.46 bits per heavy atom. The summed E-state index contributed by atoms with van der Waals surface area (Å²) in [6, 6.07) is 4.07. The molecule has 1 atom stereocenters. The minimum atomic E-state index is 0.327. The number of anilines is 1. The van der Waals surface area contributed by atoms with E-state index in [-0.39, 0.29) is 0 Å². The first-order valence-electron chi connectivity index (χ1n) is 9.58. The summed E-state index contributed by atoms with van der Waals surface area (Å²) in [5.41, 5.74) is 0. The highest BCUT2D eigenvalue weighted by atomic mass is 35.5. The molecule has 0 bridgehead atoms. The van der Waals surface area contributed by atoms with E-state index >= 15 is 0 Å². The highest BCUT2D eigenvalue weighted by Crippen LogP contribution is 2.25. The molecule has 1 saturated heterocycles. The maximum absolute atomic E-state index is 6.26. The number of nitrogens with zero attached hydrogens (tertiary/aromatic N) is 3. The molecule has 1 aliphatic rings. The fraction of sp³-hybridized carbons (Fsp3) is 0.684. The van der Waals surface area contributed by atoms with Crippen LogP contribution < -0.4 is 15.5 Å². The van der Waals surface area contributed by atoms with Crippen molar-refractivity contribution in [1.82, 2.24) is 15.6 Å². The number of guanidine groups is 1. The fourth-order valence-electron chi connectivity index (χ4n) is 2.84. The number of hydrogen-bond donors (Lipinski definition) is 2. The van der Waals surface area contributed by atoms with E-state index in [1.807, 2.05) is 12.1 Å². The van der Waals surface area contributed by atoms with Crippen LogP contribution in [0.4, 0.5) is 5.82 Å². The second-order valence-electron chi connectivity index (χ2n) is 6.94. The highest BCUT2D eigenvalue weighted by molar-refractivity contribution is 6.32. The Labute approximate surface area is 162 Å². The Morgan fingerprint density at radius 3 is 3.04 bits per heavy atom. The van der Waals surface area contributed by atoms with Gasteiger partial charge < -0.3 is 20.3 Å². The molecule has 2 heterocycles.